The summed E-state index contributed by atoms with van der Waals surface area (Å²) in [6.45, 7) is 3.83. The van der Waals surface area contributed by atoms with E-state index in [1.807, 2.05) is 0 Å². The average molecular weight is 364 g/mol. The third kappa shape index (κ3) is 4.57. The van der Waals surface area contributed by atoms with Crippen LogP contribution in [0.4, 0.5) is 13.2 Å². The van der Waals surface area contributed by atoms with Crippen LogP contribution >= 0.6 is 0 Å². The molecule has 1 aromatic rings. The highest BCUT2D eigenvalue weighted by Gasteiger charge is 2.71. The Balaban J connectivity index is 3.19. The van der Waals surface area contributed by atoms with Gasteiger partial charge < -0.3 is 13.9 Å². The van der Waals surface area contributed by atoms with Crippen LogP contribution < -0.4 is 0 Å². The maximum Gasteiger partial charge on any atom is 0.438 e. The largest absolute Gasteiger partial charge is 0.466 e. The number of halogens is 3. The highest BCUT2D eigenvalue weighted by molar-refractivity contribution is 6.70. The van der Waals surface area contributed by atoms with Crippen LogP contribution in [0, 0.1) is 0 Å². The second kappa shape index (κ2) is 7.35. The molecule has 0 N–H and O–H groups in total. The zero-order valence-corrected chi connectivity index (χ0v) is 14.8. The minimum Gasteiger partial charge on any atom is -0.466 e. The number of alkyl halides is 3. The number of rotatable bonds is 6. The molecule has 0 spiro atoms. The van der Waals surface area contributed by atoms with Gasteiger partial charge in [-0.05, 0) is 25.2 Å². The predicted molar refractivity (Wildman–Crippen MR) is 81.5 cm³/mol. The Morgan fingerprint density at radius 2 is 1.58 bits per heavy atom. The monoisotopic (exact) mass is 364 g/mol. The molecule has 0 aliphatic carbocycles. The first-order valence-corrected chi connectivity index (χ1v) is 10.4. The lowest BCUT2D eigenvalue weighted by molar-refractivity contribution is -0.258. The quantitative estimate of drug-likeness (QED) is 0.441. The predicted octanol–water partition coefficient (Wildman–Crippen LogP) is 3.06. The van der Waals surface area contributed by atoms with Crippen molar-refractivity contribution in [3.63, 3.8) is 0 Å². The molecule has 9 heteroatoms. The van der Waals surface area contributed by atoms with Crippen LogP contribution in [0.2, 0.25) is 19.6 Å². The molecule has 134 valence electrons. The summed E-state index contributed by atoms with van der Waals surface area (Å²) in [5.74, 6) is -3.69. The number of methoxy groups -OCH3 is 1. The van der Waals surface area contributed by atoms with Gasteiger partial charge in [0.25, 0.3) is 0 Å². The fraction of sp³-hybridized carbons (Fsp3) is 0.467. The Labute approximate surface area is 138 Å². The standard InChI is InChI=1S/C15H19F3O5Si/c1-21-12(19)14(15(16,17)18,23-24(2,3)4)13(20)22-10-11-8-6-5-7-9-11/h5-9H,10H2,1-4H3. The van der Waals surface area contributed by atoms with Crippen molar-refractivity contribution in [3.05, 3.63) is 35.9 Å². The van der Waals surface area contributed by atoms with E-state index in [2.05, 4.69) is 4.74 Å². The minimum absolute atomic E-state index is 0.427. The molecule has 0 radical (unpaired) electrons. The van der Waals surface area contributed by atoms with Crippen LogP contribution in [-0.2, 0) is 30.1 Å². The fourth-order valence-corrected chi connectivity index (χ4v) is 3.08. The van der Waals surface area contributed by atoms with Gasteiger partial charge in [-0.3, -0.25) is 0 Å². The smallest absolute Gasteiger partial charge is 0.438 e. The van der Waals surface area contributed by atoms with Gasteiger partial charge in [0.05, 0.1) is 7.11 Å². The van der Waals surface area contributed by atoms with Gasteiger partial charge in [-0.15, -0.1) is 0 Å². The summed E-state index contributed by atoms with van der Waals surface area (Å²) in [6.07, 6.45) is -5.33. The van der Waals surface area contributed by atoms with Crippen LogP contribution in [0.1, 0.15) is 5.56 Å². The van der Waals surface area contributed by atoms with Crippen molar-refractivity contribution in [2.45, 2.75) is 38.0 Å². The average Bonchev–Trinajstić information content (AvgIpc) is 2.48. The Kier molecular flexibility index (Phi) is 6.18. The molecular weight excluding hydrogens is 345 g/mol. The lowest BCUT2D eigenvalue weighted by atomic mass is 10.0. The zero-order chi connectivity index (χ0) is 18.6. The third-order valence-electron chi connectivity index (χ3n) is 2.83. The van der Waals surface area contributed by atoms with Crippen molar-refractivity contribution < 1.29 is 36.7 Å². The molecule has 0 amide bonds. The molecule has 0 aromatic heterocycles. The molecule has 1 atom stereocenters. The van der Waals surface area contributed by atoms with Crippen LogP contribution in [-0.4, -0.2) is 39.1 Å². The topological polar surface area (TPSA) is 61.8 Å². The summed E-state index contributed by atoms with van der Waals surface area (Å²) < 4.78 is 54.7. The lowest BCUT2D eigenvalue weighted by Crippen LogP contribution is -2.64. The molecule has 5 nitrogen and oxygen atoms in total. The van der Waals surface area contributed by atoms with E-state index in [-0.39, 0.29) is 0 Å². The van der Waals surface area contributed by atoms with Crippen molar-refractivity contribution in [1.82, 2.24) is 0 Å². The van der Waals surface area contributed by atoms with Crippen LogP contribution in [0.15, 0.2) is 30.3 Å². The van der Waals surface area contributed by atoms with E-state index in [1.54, 1.807) is 30.3 Å². The second-order valence-corrected chi connectivity index (χ2v) is 10.4. The van der Waals surface area contributed by atoms with Crippen molar-refractivity contribution in [1.29, 1.82) is 0 Å². The molecule has 0 fully saturated rings. The summed E-state index contributed by atoms with van der Waals surface area (Å²) in [6, 6.07) is 8.12. The van der Waals surface area contributed by atoms with Crippen LogP contribution in [0.5, 0.6) is 0 Å². The van der Waals surface area contributed by atoms with Gasteiger partial charge in [-0.25, -0.2) is 9.59 Å². The van der Waals surface area contributed by atoms with Crippen molar-refractivity contribution >= 4 is 20.3 Å². The molecule has 1 rings (SSSR count). The third-order valence-corrected chi connectivity index (χ3v) is 3.75. The molecule has 0 aliphatic heterocycles. The van der Waals surface area contributed by atoms with Gasteiger partial charge in [0.2, 0.25) is 0 Å². The van der Waals surface area contributed by atoms with Crippen LogP contribution in [0.25, 0.3) is 0 Å². The summed E-state index contributed by atoms with van der Waals surface area (Å²) in [5, 5.41) is 0. The van der Waals surface area contributed by atoms with E-state index in [4.69, 9.17) is 9.16 Å². The Morgan fingerprint density at radius 1 is 1.04 bits per heavy atom. The van der Waals surface area contributed by atoms with E-state index >= 15 is 0 Å². The van der Waals surface area contributed by atoms with Crippen molar-refractivity contribution in [2.75, 3.05) is 7.11 Å². The van der Waals surface area contributed by atoms with E-state index in [9.17, 15) is 22.8 Å². The van der Waals surface area contributed by atoms with E-state index in [0.717, 1.165) is 7.11 Å². The van der Waals surface area contributed by atoms with Gasteiger partial charge >= 0.3 is 23.7 Å². The maximum atomic E-state index is 13.6. The highest BCUT2D eigenvalue weighted by Crippen LogP contribution is 2.38. The summed E-state index contributed by atoms with van der Waals surface area (Å²) in [5.41, 5.74) is -3.32. The number of hydrogen-bond acceptors (Lipinski definition) is 5. The number of ether oxygens (including phenoxy) is 2. The molecule has 0 aliphatic rings. The van der Waals surface area contributed by atoms with E-state index < -0.39 is 38.6 Å². The minimum atomic E-state index is -5.33. The molecule has 0 saturated heterocycles. The zero-order valence-electron chi connectivity index (χ0n) is 13.8. The van der Waals surface area contributed by atoms with E-state index in [0.29, 0.717) is 5.56 Å². The van der Waals surface area contributed by atoms with Gasteiger partial charge in [0, 0.05) is 0 Å². The lowest BCUT2D eigenvalue weighted by Gasteiger charge is -2.35. The summed E-state index contributed by atoms with van der Waals surface area (Å²) in [4.78, 5) is 24.1. The van der Waals surface area contributed by atoms with Crippen molar-refractivity contribution in [2.24, 2.45) is 0 Å². The SMILES string of the molecule is COC(=O)C(O[Si](C)(C)C)(C(=O)OCc1ccccc1)C(F)(F)F. The molecular formula is C15H19F3O5Si. The van der Waals surface area contributed by atoms with Gasteiger partial charge in [-0.2, -0.15) is 13.2 Å². The number of carbonyl (C=O) groups is 2. The molecule has 24 heavy (non-hydrogen) atoms. The second-order valence-electron chi connectivity index (χ2n) is 5.95. The fourth-order valence-electron chi connectivity index (χ4n) is 1.88. The molecule has 0 bridgehead atoms. The normalized spacial score (nSPS) is 14.6. The number of esters is 2. The van der Waals surface area contributed by atoms with Crippen molar-refractivity contribution in [3.8, 4) is 0 Å². The molecule has 0 saturated carbocycles. The first kappa shape index (κ1) is 20.2. The highest BCUT2D eigenvalue weighted by atomic mass is 28.4. The molecule has 0 heterocycles. The van der Waals surface area contributed by atoms with Gasteiger partial charge in [-0.1, -0.05) is 30.3 Å². The van der Waals surface area contributed by atoms with Gasteiger partial charge in [0.1, 0.15) is 6.61 Å². The first-order chi connectivity index (χ1) is 10.9. The van der Waals surface area contributed by atoms with Gasteiger partial charge in [0.15, 0.2) is 8.32 Å². The Hall–Kier alpha value is -1.87. The Bertz CT molecular complexity index is 583. The first-order valence-electron chi connectivity index (χ1n) is 7.00. The van der Waals surface area contributed by atoms with E-state index in [1.165, 1.54) is 19.6 Å². The summed E-state index contributed by atoms with van der Waals surface area (Å²) in [7, 11) is -2.22. The van der Waals surface area contributed by atoms with Crippen LogP contribution in [0.3, 0.4) is 0 Å². The number of hydrogen-bond donors (Lipinski definition) is 0. The number of carbonyl (C=O) groups excluding carboxylic acids is 2. The summed E-state index contributed by atoms with van der Waals surface area (Å²) >= 11 is 0. The Morgan fingerprint density at radius 3 is 2.00 bits per heavy atom. The molecule has 1 unspecified atom stereocenters. The number of benzene rings is 1. The molecule has 1 aromatic carbocycles. The maximum absolute atomic E-state index is 13.6.